The second-order valence-electron chi connectivity index (χ2n) is 9.79. The molecule has 1 aliphatic carbocycles. The summed E-state index contributed by atoms with van der Waals surface area (Å²) in [6.45, 7) is 12.0. The van der Waals surface area contributed by atoms with Crippen LogP contribution >= 0.6 is 0 Å². The van der Waals surface area contributed by atoms with Gasteiger partial charge in [-0.15, -0.1) is 0 Å². The van der Waals surface area contributed by atoms with Crippen LogP contribution in [0, 0.1) is 11.8 Å². The fourth-order valence-electron chi connectivity index (χ4n) is 5.03. The number of nitrogens with one attached hydrogen (secondary N) is 4. The highest BCUT2D eigenvalue weighted by Gasteiger charge is 2.23. The number of carbonyl (C=O) groups excluding carboxylic acids is 2. The number of rotatable bonds is 12. The van der Waals surface area contributed by atoms with Crippen molar-refractivity contribution in [3.05, 3.63) is 0 Å². The first-order chi connectivity index (χ1) is 16.7. The molecule has 0 aromatic rings. The van der Waals surface area contributed by atoms with Gasteiger partial charge >= 0.3 is 12.1 Å². The predicted molar refractivity (Wildman–Crippen MR) is 132 cm³/mol. The number of hydrogen-bond acceptors (Lipinski definition) is 6. The van der Waals surface area contributed by atoms with Crippen LogP contribution in [0.15, 0.2) is 0 Å². The van der Waals surface area contributed by atoms with Crippen molar-refractivity contribution in [2.45, 2.75) is 38.5 Å². The number of nitrogens with zero attached hydrogens (tertiary/aromatic N) is 2. The monoisotopic (exact) mass is 482 g/mol. The summed E-state index contributed by atoms with van der Waals surface area (Å²) in [6.07, 6.45) is 6.40. The van der Waals surface area contributed by atoms with E-state index in [2.05, 4.69) is 31.1 Å². The molecule has 0 aromatic heterocycles. The summed E-state index contributed by atoms with van der Waals surface area (Å²) in [5, 5.41) is 12.0. The Balaban J connectivity index is 1.17. The molecule has 4 amide bonds. The van der Waals surface area contributed by atoms with Crippen LogP contribution in [0.2, 0.25) is 0 Å². The Kier molecular flexibility index (Phi) is 12.8. The molecule has 2 atom stereocenters. The van der Waals surface area contributed by atoms with Crippen LogP contribution in [0.5, 0.6) is 0 Å². The van der Waals surface area contributed by atoms with E-state index in [1.54, 1.807) is 0 Å². The minimum Gasteiger partial charge on any atom is -0.379 e. The predicted octanol–water partition coefficient (Wildman–Crippen LogP) is 0.836. The molecule has 2 unspecified atom stereocenters. The minimum absolute atomic E-state index is 0.0707. The van der Waals surface area contributed by atoms with Gasteiger partial charge in [-0.2, -0.15) is 0 Å². The molecule has 3 fully saturated rings. The highest BCUT2D eigenvalue weighted by Crippen LogP contribution is 2.28. The Hall–Kier alpha value is -1.62. The van der Waals surface area contributed by atoms with Crippen molar-refractivity contribution >= 4 is 12.1 Å². The van der Waals surface area contributed by atoms with Gasteiger partial charge in [0.05, 0.1) is 26.4 Å². The summed E-state index contributed by atoms with van der Waals surface area (Å²) in [5.41, 5.74) is 0. The van der Waals surface area contributed by atoms with Gasteiger partial charge in [-0.05, 0) is 57.0 Å². The first-order valence-corrected chi connectivity index (χ1v) is 13.3. The average Bonchev–Trinajstić information content (AvgIpc) is 2.88. The number of ether oxygens (including phenoxy) is 2. The number of urea groups is 2. The maximum absolute atomic E-state index is 12.1. The third-order valence-corrected chi connectivity index (χ3v) is 7.07. The Morgan fingerprint density at radius 2 is 1.12 bits per heavy atom. The first-order valence-electron chi connectivity index (χ1n) is 13.3. The van der Waals surface area contributed by atoms with E-state index >= 15 is 0 Å². The fourth-order valence-corrected chi connectivity index (χ4v) is 5.03. The second-order valence-corrected chi connectivity index (χ2v) is 9.79. The topological polar surface area (TPSA) is 107 Å². The molecule has 10 heteroatoms. The van der Waals surface area contributed by atoms with Crippen molar-refractivity contribution in [1.82, 2.24) is 31.1 Å². The highest BCUT2D eigenvalue weighted by atomic mass is 16.5. The van der Waals surface area contributed by atoms with Crippen molar-refractivity contribution in [2.75, 3.05) is 91.9 Å². The standard InChI is InChI=1S/C24H46N6O4/c31-23(25-6-2-8-29-10-14-33-15-11-29)27-19-21-4-1-5-22(18-21)20-28-24(32)26-7-3-9-30-12-16-34-17-13-30/h21-22H,1-20H2,(H2,25,27,31)(H2,26,28,32). The summed E-state index contributed by atoms with van der Waals surface area (Å²) in [4.78, 5) is 29.0. The minimum atomic E-state index is -0.0707. The van der Waals surface area contributed by atoms with Gasteiger partial charge in [0, 0.05) is 52.4 Å². The molecule has 0 spiro atoms. The second kappa shape index (κ2) is 16.1. The maximum atomic E-state index is 12.1. The van der Waals surface area contributed by atoms with E-state index < -0.39 is 0 Å². The average molecular weight is 483 g/mol. The largest absolute Gasteiger partial charge is 0.379 e. The van der Waals surface area contributed by atoms with E-state index in [1.165, 1.54) is 0 Å². The van der Waals surface area contributed by atoms with E-state index in [0.717, 1.165) is 104 Å². The number of hydrogen-bond donors (Lipinski definition) is 4. The third-order valence-electron chi connectivity index (χ3n) is 7.07. The van der Waals surface area contributed by atoms with Crippen molar-refractivity contribution in [3.8, 4) is 0 Å². The van der Waals surface area contributed by atoms with Crippen LogP contribution in [-0.2, 0) is 9.47 Å². The lowest BCUT2D eigenvalue weighted by Gasteiger charge is -2.29. The third kappa shape index (κ3) is 11.2. The summed E-state index contributed by atoms with van der Waals surface area (Å²) in [6, 6.07) is -0.141. The quantitative estimate of drug-likeness (QED) is 0.307. The summed E-state index contributed by atoms with van der Waals surface area (Å²) in [5.74, 6) is 0.965. The SMILES string of the molecule is O=C(NCCCN1CCOCC1)NCC1CCCC(CNC(=O)NCCCN2CCOCC2)C1. The van der Waals surface area contributed by atoms with Gasteiger partial charge in [0.2, 0.25) is 0 Å². The Labute approximate surface area is 204 Å². The smallest absolute Gasteiger partial charge is 0.314 e. The van der Waals surface area contributed by atoms with E-state index in [0.29, 0.717) is 38.0 Å². The molecule has 4 N–H and O–H groups in total. The molecule has 196 valence electrons. The number of carbonyl (C=O) groups is 2. The van der Waals surface area contributed by atoms with E-state index in [4.69, 9.17) is 9.47 Å². The lowest BCUT2D eigenvalue weighted by atomic mass is 9.81. The molecule has 0 radical (unpaired) electrons. The van der Waals surface area contributed by atoms with Crippen molar-refractivity contribution in [1.29, 1.82) is 0 Å². The van der Waals surface area contributed by atoms with Gasteiger partial charge in [0.15, 0.2) is 0 Å². The molecule has 2 aliphatic heterocycles. The fraction of sp³-hybridized carbons (Fsp3) is 0.917. The first kappa shape index (κ1) is 27.0. The zero-order chi connectivity index (χ0) is 23.8. The van der Waals surface area contributed by atoms with Crippen LogP contribution in [0.25, 0.3) is 0 Å². The van der Waals surface area contributed by atoms with E-state index in [-0.39, 0.29) is 12.1 Å². The maximum Gasteiger partial charge on any atom is 0.314 e. The normalized spacial score (nSPS) is 24.4. The molecule has 1 saturated carbocycles. The highest BCUT2D eigenvalue weighted by molar-refractivity contribution is 5.74. The lowest BCUT2D eigenvalue weighted by Crippen LogP contribution is -2.43. The summed E-state index contributed by atoms with van der Waals surface area (Å²) < 4.78 is 10.7. The Morgan fingerprint density at radius 1 is 0.676 bits per heavy atom. The lowest BCUT2D eigenvalue weighted by molar-refractivity contribution is 0.0375. The summed E-state index contributed by atoms with van der Waals surface area (Å²) in [7, 11) is 0. The summed E-state index contributed by atoms with van der Waals surface area (Å²) >= 11 is 0. The van der Waals surface area contributed by atoms with Crippen molar-refractivity contribution < 1.29 is 19.1 Å². The van der Waals surface area contributed by atoms with Gasteiger partial charge in [-0.3, -0.25) is 9.80 Å². The molecular formula is C24H46N6O4. The van der Waals surface area contributed by atoms with Crippen LogP contribution in [0.1, 0.15) is 38.5 Å². The molecule has 3 rings (SSSR count). The molecule has 2 heterocycles. The van der Waals surface area contributed by atoms with Gasteiger partial charge in [-0.25, -0.2) is 9.59 Å². The Bertz CT molecular complexity index is 536. The van der Waals surface area contributed by atoms with E-state index in [9.17, 15) is 9.59 Å². The zero-order valence-electron chi connectivity index (χ0n) is 20.8. The molecule has 0 aromatic carbocycles. The molecule has 10 nitrogen and oxygen atoms in total. The van der Waals surface area contributed by atoms with Crippen LogP contribution in [-0.4, -0.2) is 114 Å². The van der Waals surface area contributed by atoms with Gasteiger partial charge < -0.3 is 30.7 Å². The Morgan fingerprint density at radius 3 is 1.56 bits per heavy atom. The van der Waals surface area contributed by atoms with Gasteiger partial charge in [0.25, 0.3) is 0 Å². The van der Waals surface area contributed by atoms with Gasteiger partial charge in [-0.1, -0.05) is 6.42 Å². The van der Waals surface area contributed by atoms with Crippen LogP contribution in [0.4, 0.5) is 9.59 Å². The van der Waals surface area contributed by atoms with Crippen molar-refractivity contribution in [3.63, 3.8) is 0 Å². The molecule has 3 aliphatic rings. The van der Waals surface area contributed by atoms with Crippen LogP contribution in [0.3, 0.4) is 0 Å². The van der Waals surface area contributed by atoms with Crippen molar-refractivity contribution in [2.24, 2.45) is 11.8 Å². The molecule has 34 heavy (non-hydrogen) atoms. The van der Waals surface area contributed by atoms with E-state index in [1.807, 2.05) is 0 Å². The molecular weight excluding hydrogens is 436 g/mol. The number of morpholine rings is 2. The zero-order valence-corrected chi connectivity index (χ0v) is 20.8. The molecule has 2 saturated heterocycles. The van der Waals surface area contributed by atoms with Crippen LogP contribution < -0.4 is 21.3 Å². The number of amides is 4. The van der Waals surface area contributed by atoms with Gasteiger partial charge in [0.1, 0.15) is 0 Å². The molecule has 0 bridgehead atoms.